The molecule has 6 heteroatoms. The van der Waals surface area contributed by atoms with E-state index in [1.165, 1.54) is 11.0 Å². The van der Waals surface area contributed by atoms with Crippen molar-refractivity contribution in [3.8, 4) is 0 Å². The Bertz CT molecular complexity index is 978. The summed E-state index contributed by atoms with van der Waals surface area (Å²) >= 11 is 5.58. The number of benzene rings is 2. The minimum atomic E-state index is -0.953. The molecule has 0 atom stereocenters. The number of hydrogen-bond acceptors (Lipinski definition) is 2. The third-order valence-electron chi connectivity index (χ3n) is 4.64. The number of hydrogen-bond donors (Lipinski definition) is 0. The summed E-state index contributed by atoms with van der Waals surface area (Å²) in [6.07, 6.45) is 0. The lowest BCUT2D eigenvalue weighted by Gasteiger charge is -2.29. The molecule has 1 amide bonds. The summed E-state index contributed by atoms with van der Waals surface area (Å²) < 4.78 is 14.1. The first-order valence-corrected chi connectivity index (χ1v) is 8.52. The van der Waals surface area contributed by atoms with Crippen molar-refractivity contribution in [2.45, 2.75) is 33.2 Å². The topological polar surface area (TPSA) is 27.9 Å². The van der Waals surface area contributed by atoms with Crippen molar-refractivity contribution in [1.29, 1.82) is 0 Å². The highest BCUT2D eigenvalue weighted by Gasteiger charge is 2.50. The minimum Gasteiger partial charge on any atom is -0.303 e. The summed E-state index contributed by atoms with van der Waals surface area (Å²) in [5, 5.41) is 0.290. The van der Waals surface area contributed by atoms with Gasteiger partial charge in [-0.3, -0.25) is 9.69 Å². The Morgan fingerprint density at radius 1 is 1.08 bits per heavy atom. The van der Waals surface area contributed by atoms with Gasteiger partial charge < -0.3 is 4.90 Å². The maximum absolute atomic E-state index is 14.1. The Balaban J connectivity index is 2.09. The molecule has 26 heavy (non-hydrogen) atoms. The molecule has 0 spiro atoms. The number of aryl methyl sites for hydroxylation is 2. The van der Waals surface area contributed by atoms with Gasteiger partial charge in [-0.05, 0) is 75.3 Å². The van der Waals surface area contributed by atoms with Gasteiger partial charge in [-0.2, -0.15) is 0 Å². The molecule has 3 rings (SSSR count). The Kier molecular flexibility index (Phi) is 4.29. The zero-order valence-electron chi connectivity index (χ0n) is 15.0. The van der Waals surface area contributed by atoms with Crippen molar-refractivity contribution < 1.29 is 9.18 Å². The van der Waals surface area contributed by atoms with E-state index in [2.05, 4.69) is 4.85 Å². The maximum atomic E-state index is 14.1. The molecule has 1 saturated heterocycles. The molecule has 1 aliphatic rings. The molecule has 4 nitrogen and oxygen atoms in total. The fourth-order valence-electron chi connectivity index (χ4n) is 3.08. The average Bonchev–Trinajstić information content (AvgIpc) is 2.75. The summed E-state index contributed by atoms with van der Waals surface area (Å²) in [7, 11) is 0. The molecule has 1 fully saturated rings. The van der Waals surface area contributed by atoms with Crippen LogP contribution in [-0.4, -0.2) is 16.6 Å². The van der Waals surface area contributed by atoms with Gasteiger partial charge in [0.05, 0.1) is 6.57 Å². The van der Waals surface area contributed by atoms with Gasteiger partial charge in [0.25, 0.3) is 5.91 Å². The largest absolute Gasteiger partial charge is 0.303 e. The second kappa shape index (κ2) is 6.19. The zero-order valence-corrected chi connectivity index (χ0v) is 15.8. The van der Waals surface area contributed by atoms with E-state index in [9.17, 15) is 9.18 Å². The number of carbonyl (C=O) groups is 1. The van der Waals surface area contributed by atoms with Crippen molar-refractivity contribution in [1.82, 2.24) is 0 Å². The fourth-order valence-corrected chi connectivity index (χ4v) is 3.60. The van der Waals surface area contributed by atoms with Crippen molar-refractivity contribution in [2.24, 2.45) is 0 Å². The second-order valence-electron chi connectivity index (χ2n) is 6.83. The van der Waals surface area contributed by atoms with Crippen molar-refractivity contribution in [3.05, 3.63) is 64.8 Å². The number of halogens is 1. The van der Waals surface area contributed by atoms with Crippen molar-refractivity contribution in [3.63, 3.8) is 0 Å². The summed E-state index contributed by atoms with van der Waals surface area (Å²) in [6, 6.07) is 9.98. The molecule has 0 radical (unpaired) electrons. The monoisotopic (exact) mass is 367 g/mol. The van der Waals surface area contributed by atoms with Crippen LogP contribution in [0, 0.1) is 26.2 Å². The Morgan fingerprint density at radius 3 is 2.31 bits per heavy atom. The highest BCUT2D eigenvalue weighted by molar-refractivity contribution is 7.81. The smallest absolute Gasteiger partial charge is 0.259 e. The molecule has 2 aromatic carbocycles. The van der Waals surface area contributed by atoms with Crippen LogP contribution < -0.4 is 9.80 Å². The zero-order chi connectivity index (χ0) is 19.2. The molecule has 1 aliphatic heterocycles. The number of thiocarbonyl (C=S) groups is 1. The quantitative estimate of drug-likeness (QED) is 0.558. The molecular formula is C20H18FN3OS. The van der Waals surface area contributed by atoms with E-state index in [0.29, 0.717) is 27.7 Å². The highest BCUT2D eigenvalue weighted by atomic mass is 32.1. The van der Waals surface area contributed by atoms with Crippen LogP contribution in [0.2, 0.25) is 0 Å². The van der Waals surface area contributed by atoms with E-state index >= 15 is 0 Å². The van der Waals surface area contributed by atoms with Crippen LogP contribution in [0.3, 0.4) is 0 Å². The van der Waals surface area contributed by atoms with Gasteiger partial charge >= 0.3 is 0 Å². The van der Waals surface area contributed by atoms with Gasteiger partial charge in [-0.1, -0.05) is 12.1 Å². The summed E-state index contributed by atoms with van der Waals surface area (Å²) in [5.41, 5.74) is 2.02. The van der Waals surface area contributed by atoms with Crippen LogP contribution in [-0.2, 0) is 4.79 Å². The lowest BCUT2D eigenvalue weighted by molar-refractivity contribution is -0.120. The number of rotatable bonds is 2. The highest BCUT2D eigenvalue weighted by Crippen LogP contribution is 2.37. The average molecular weight is 367 g/mol. The third kappa shape index (κ3) is 2.65. The van der Waals surface area contributed by atoms with E-state index in [0.717, 1.165) is 5.56 Å². The van der Waals surface area contributed by atoms with Crippen LogP contribution in [0.5, 0.6) is 0 Å². The molecule has 2 aromatic rings. The predicted octanol–water partition coefficient (Wildman–Crippen LogP) is 4.91. The first kappa shape index (κ1) is 18.0. The van der Waals surface area contributed by atoms with E-state index in [1.807, 2.05) is 6.92 Å². The van der Waals surface area contributed by atoms with Crippen LogP contribution >= 0.6 is 12.2 Å². The molecule has 0 saturated carbocycles. The molecule has 0 aromatic heterocycles. The second-order valence-corrected chi connectivity index (χ2v) is 7.20. The van der Waals surface area contributed by atoms with Crippen LogP contribution in [0.25, 0.3) is 4.85 Å². The normalized spacial score (nSPS) is 16.2. The molecule has 0 N–H and O–H groups in total. The summed E-state index contributed by atoms with van der Waals surface area (Å²) in [4.78, 5) is 19.7. The van der Waals surface area contributed by atoms with Crippen LogP contribution in [0.15, 0.2) is 36.4 Å². The van der Waals surface area contributed by atoms with E-state index < -0.39 is 5.54 Å². The molecule has 0 bridgehead atoms. The molecular weight excluding hydrogens is 349 g/mol. The lowest BCUT2D eigenvalue weighted by Crippen LogP contribution is -2.44. The summed E-state index contributed by atoms with van der Waals surface area (Å²) in [6.45, 7) is 14.2. The first-order valence-electron chi connectivity index (χ1n) is 8.11. The van der Waals surface area contributed by atoms with Crippen molar-refractivity contribution in [2.75, 3.05) is 9.80 Å². The van der Waals surface area contributed by atoms with E-state index in [4.69, 9.17) is 18.8 Å². The van der Waals surface area contributed by atoms with Gasteiger partial charge in [-0.15, -0.1) is 0 Å². The van der Waals surface area contributed by atoms with E-state index in [-0.39, 0.29) is 11.7 Å². The molecule has 1 heterocycles. The third-order valence-corrected chi connectivity index (χ3v) is 5.01. The number of carbonyl (C=O) groups excluding carboxylic acids is 1. The van der Waals surface area contributed by atoms with Gasteiger partial charge in [0.2, 0.25) is 0 Å². The minimum absolute atomic E-state index is 0.196. The van der Waals surface area contributed by atoms with Gasteiger partial charge in [0.1, 0.15) is 11.4 Å². The molecule has 0 aliphatic carbocycles. The predicted molar refractivity (Wildman–Crippen MR) is 105 cm³/mol. The van der Waals surface area contributed by atoms with Gasteiger partial charge in [0.15, 0.2) is 10.8 Å². The molecule has 0 unspecified atom stereocenters. The maximum Gasteiger partial charge on any atom is 0.259 e. The number of nitrogens with zero attached hydrogens (tertiary/aromatic N) is 3. The Hall–Kier alpha value is -2.78. The first-order chi connectivity index (χ1) is 12.2. The van der Waals surface area contributed by atoms with Gasteiger partial charge in [0, 0.05) is 11.4 Å². The fraction of sp³-hybridized carbons (Fsp3) is 0.250. The molecule has 132 valence electrons. The number of amides is 1. The lowest BCUT2D eigenvalue weighted by atomic mass is 10.0. The number of anilines is 2. The Morgan fingerprint density at radius 2 is 1.73 bits per heavy atom. The van der Waals surface area contributed by atoms with Gasteiger partial charge in [-0.25, -0.2) is 9.24 Å². The summed E-state index contributed by atoms with van der Waals surface area (Å²) in [5.74, 6) is -0.539. The van der Waals surface area contributed by atoms with Crippen molar-refractivity contribution >= 4 is 40.3 Å². The van der Waals surface area contributed by atoms with Crippen LogP contribution in [0.4, 0.5) is 21.5 Å². The van der Waals surface area contributed by atoms with E-state index in [1.54, 1.807) is 56.0 Å². The van der Waals surface area contributed by atoms with Crippen LogP contribution in [0.1, 0.15) is 25.0 Å². The standard InChI is InChI=1S/C20H18FN3OS/c1-12-6-7-15(11-16(12)21)24-19(26)23(18(25)20(24,3)4)14-8-9-17(22-5)13(2)10-14/h6-11H,1-4H3. The SMILES string of the molecule is [C-]#[N+]c1ccc(N2C(=O)C(C)(C)N(c3ccc(C)c(F)c3)C2=S)cc1C. The Labute approximate surface area is 157 Å².